The molecule has 33 heavy (non-hydrogen) atoms. The van der Waals surface area contributed by atoms with Gasteiger partial charge < -0.3 is 15.5 Å². The van der Waals surface area contributed by atoms with Crippen LogP contribution in [0.3, 0.4) is 0 Å². The number of nitro groups is 1. The van der Waals surface area contributed by atoms with Crippen molar-refractivity contribution in [1.82, 2.24) is 5.32 Å². The molecular weight excluding hydrogens is 422 g/mol. The Morgan fingerprint density at radius 1 is 1.06 bits per heavy atom. The Hall–Kier alpha value is -4.53. The van der Waals surface area contributed by atoms with Crippen LogP contribution in [0.4, 0.5) is 21.9 Å². The molecule has 0 radical (unpaired) electrons. The van der Waals surface area contributed by atoms with E-state index in [2.05, 4.69) is 15.6 Å². The molecule has 0 aromatic heterocycles. The van der Waals surface area contributed by atoms with Crippen LogP contribution in [0.2, 0.25) is 0 Å². The summed E-state index contributed by atoms with van der Waals surface area (Å²) >= 11 is 0. The van der Waals surface area contributed by atoms with E-state index in [-0.39, 0.29) is 11.4 Å². The zero-order valence-electron chi connectivity index (χ0n) is 18.0. The van der Waals surface area contributed by atoms with Gasteiger partial charge in [-0.2, -0.15) is 0 Å². The number of nitro benzene ring substituents is 1. The van der Waals surface area contributed by atoms with Crippen LogP contribution in [0.15, 0.2) is 77.8 Å². The average molecular weight is 443 g/mol. The maximum absolute atomic E-state index is 13.2. The molecule has 9 heteroatoms. The normalized spacial score (nSPS) is 15.2. The van der Waals surface area contributed by atoms with Crippen molar-refractivity contribution in [3.63, 3.8) is 0 Å². The monoisotopic (exact) mass is 443 g/mol. The molecular formula is C24H21N5O4. The number of benzodiazepines with no additional fused rings is 1. The Kier molecular flexibility index (Phi) is 5.86. The van der Waals surface area contributed by atoms with Gasteiger partial charge in [0.2, 0.25) is 6.17 Å². The highest BCUT2D eigenvalue weighted by Gasteiger charge is 2.31. The summed E-state index contributed by atoms with van der Waals surface area (Å²) in [5.74, 6) is -0.443. The van der Waals surface area contributed by atoms with Crippen LogP contribution in [-0.2, 0) is 4.79 Å². The predicted octanol–water partition coefficient (Wildman–Crippen LogP) is 3.86. The van der Waals surface area contributed by atoms with Crippen molar-refractivity contribution in [1.29, 1.82) is 0 Å². The molecule has 2 N–H and O–H groups in total. The first-order valence-electron chi connectivity index (χ1n) is 10.2. The van der Waals surface area contributed by atoms with E-state index in [0.29, 0.717) is 17.0 Å². The third-order valence-electron chi connectivity index (χ3n) is 5.26. The maximum atomic E-state index is 13.2. The summed E-state index contributed by atoms with van der Waals surface area (Å²) < 4.78 is 0. The number of rotatable bonds is 4. The van der Waals surface area contributed by atoms with Gasteiger partial charge in [0.1, 0.15) is 5.69 Å². The van der Waals surface area contributed by atoms with Gasteiger partial charge in [0.15, 0.2) is 0 Å². The summed E-state index contributed by atoms with van der Waals surface area (Å²) in [6.45, 7) is 1.72. The molecule has 1 aliphatic heterocycles. The van der Waals surface area contributed by atoms with Gasteiger partial charge in [-0.3, -0.25) is 14.9 Å². The van der Waals surface area contributed by atoms with E-state index in [4.69, 9.17) is 0 Å². The number of nitrogens with one attached hydrogen (secondary N) is 2. The lowest BCUT2D eigenvalue weighted by atomic mass is 10.0. The van der Waals surface area contributed by atoms with Crippen molar-refractivity contribution in [3.05, 3.63) is 99.6 Å². The molecule has 1 aliphatic rings. The first kappa shape index (κ1) is 21.7. The summed E-state index contributed by atoms with van der Waals surface area (Å²) in [6, 6.07) is 20.4. The largest absolute Gasteiger partial charge is 0.321 e. The number of aliphatic imine (C=N–C) groups is 1. The number of benzene rings is 3. The first-order valence-corrected chi connectivity index (χ1v) is 10.2. The van der Waals surface area contributed by atoms with Crippen molar-refractivity contribution in [2.75, 3.05) is 17.3 Å². The summed E-state index contributed by atoms with van der Waals surface area (Å²) in [5, 5.41) is 16.4. The van der Waals surface area contributed by atoms with Crippen LogP contribution in [-0.4, -0.2) is 35.8 Å². The third kappa shape index (κ3) is 4.42. The summed E-state index contributed by atoms with van der Waals surface area (Å²) in [5.41, 5.74) is 3.21. The molecule has 1 atom stereocenters. The van der Waals surface area contributed by atoms with Crippen LogP contribution >= 0.6 is 0 Å². The number of hydrogen-bond acceptors (Lipinski definition) is 5. The molecule has 0 saturated carbocycles. The average Bonchev–Trinajstić information content (AvgIpc) is 2.91. The van der Waals surface area contributed by atoms with Crippen LogP contribution in [0.1, 0.15) is 16.7 Å². The van der Waals surface area contributed by atoms with Gasteiger partial charge in [-0.1, -0.05) is 54.6 Å². The van der Waals surface area contributed by atoms with Crippen molar-refractivity contribution in [2.45, 2.75) is 13.1 Å². The van der Waals surface area contributed by atoms with Crippen LogP contribution in [0.5, 0.6) is 0 Å². The van der Waals surface area contributed by atoms with Crippen LogP contribution in [0, 0.1) is 17.0 Å². The highest BCUT2D eigenvalue weighted by atomic mass is 16.6. The number of para-hydroxylation sites is 1. The molecule has 166 valence electrons. The molecule has 0 spiro atoms. The number of carbonyl (C=O) groups excluding carboxylic acids is 2. The topological polar surface area (TPSA) is 117 Å². The van der Waals surface area contributed by atoms with Crippen molar-refractivity contribution >= 4 is 34.7 Å². The molecule has 0 fully saturated rings. The van der Waals surface area contributed by atoms with Crippen molar-refractivity contribution < 1.29 is 14.5 Å². The third-order valence-corrected chi connectivity index (χ3v) is 5.26. The fraction of sp³-hybridized carbons (Fsp3) is 0.125. The number of carbonyl (C=O) groups is 2. The van der Waals surface area contributed by atoms with E-state index in [1.54, 1.807) is 20.0 Å². The Bertz CT molecular complexity index is 1270. The first-order chi connectivity index (χ1) is 15.8. The van der Waals surface area contributed by atoms with Gasteiger partial charge in [-0.25, -0.2) is 9.79 Å². The number of anilines is 2. The van der Waals surface area contributed by atoms with Crippen molar-refractivity contribution in [2.24, 2.45) is 4.99 Å². The number of aryl methyl sites for hydroxylation is 1. The van der Waals surface area contributed by atoms with E-state index in [1.165, 1.54) is 17.0 Å². The molecule has 4 rings (SSSR count). The second-order valence-corrected chi connectivity index (χ2v) is 7.54. The molecule has 0 unspecified atom stereocenters. The number of hydrogen-bond donors (Lipinski definition) is 2. The molecule has 3 aromatic rings. The van der Waals surface area contributed by atoms with E-state index < -0.39 is 23.0 Å². The molecule has 3 amide bonds. The van der Waals surface area contributed by atoms with Gasteiger partial charge in [0, 0.05) is 24.2 Å². The summed E-state index contributed by atoms with van der Waals surface area (Å²) in [7, 11) is 1.61. The molecule has 9 nitrogen and oxygen atoms in total. The Morgan fingerprint density at radius 2 is 1.76 bits per heavy atom. The van der Waals surface area contributed by atoms with Crippen LogP contribution < -0.4 is 15.5 Å². The van der Waals surface area contributed by atoms with Gasteiger partial charge in [-0.05, 0) is 24.6 Å². The smallest absolute Gasteiger partial charge is 0.311 e. The number of fused-ring (bicyclic) bond motifs is 1. The van der Waals surface area contributed by atoms with Gasteiger partial charge in [-0.15, -0.1) is 0 Å². The van der Waals surface area contributed by atoms with Crippen LogP contribution in [0.25, 0.3) is 0 Å². The summed E-state index contributed by atoms with van der Waals surface area (Å²) in [4.78, 5) is 42.7. The Labute approximate surface area is 189 Å². The quantitative estimate of drug-likeness (QED) is 0.470. The number of likely N-dealkylation sites (N-methyl/N-ethyl adjacent to an activating group) is 1. The lowest BCUT2D eigenvalue weighted by molar-refractivity contribution is -0.384. The summed E-state index contributed by atoms with van der Waals surface area (Å²) in [6.07, 6.45) is -1.23. The lowest BCUT2D eigenvalue weighted by Crippen LogP contribution is -2.47. The minimum atomic E-state index is -1.23. The number of nitrogens with zero attached hydrogens (tertiary/aromatic N) is 3. The highest BCUT2D eigenvalue weighted by Crippen LogP contribution is 2.28. The SMILES string of the molecule is Cc1ccc(NC(=O)N[C@H]2N=C(c3ccccc3)c3ccccc3N(C)C2=O)c([N+](=O)[O-])c1. The second kappa shape index (κ2) is 8.91. The van der Waals surface area contributed by atoms with E-state index in [0.717, 1.165) is 11.1 Å². The maximum Gasteiger partial charge on any atom is 0.321 e. The van der Waals surface area contributed by atoms with Gasteiger partial charge >= 0.3 is 6.03 Å². The standard InChI is InChI=1S/C24H21N5O4/c1-15-12-13-18(20(14-15)29(32)33)25-24(31)27-22-23(30)28(2)19-11-7-6-10-17(19)21(26-22)16-8-4-3-5-9-16/h3-14,22H,1-2H3,(H2,25,27,31)/t22-/m1/s1. The zero-order chi connectivity index (χ0) is 23.5. The highest BCUT2D eigenvalue weighted by molar-refractivity contribution is 6.20. The molecule has 0 bridgehead atoms. The fourth-order valence-corrected chi connectivity index (χ4v) is 3.62. The number of urea groups is 1. The van der Waals surface area contributed by atoms with E-state index in [9.17, 15) is 19.7 Å². The predicted molar refractivity (Wildman–Crippen MR) is 126 cm³/mol. The van der Waals surface area contributed by atoms with Gasteiger partial charge in [0.05, 0.1) is 16.3 Å². The molecule has 1 heterocycles. The minimum absolute atomic E-state index is 0.0214. The van der Waals surface area contributed by atoms with Gasteiger partial charge in [0.25, 0.3) is 11.6 Å². The lowest BCUT2D eigenvalue weighted by Gasteiger charge is -2.21. The zero-order valence-corrected chi connectivity index (χ0v) is 18.0. The molecule has 0 aliphatic carbocycles. The molecule has 3 aromatic carbocycles. The van der Waals surface area contributed by atoms with E-state index in [1.807, 2.05) is 54.6 Å². The molecule has 0 saturated heterocycles. The fourth-order valence-electron chi connectivity index (χ4n) is 3.62. The Morgan fingerprint density at radius 3 is 2.48 bits per heavy atom. The van der Waals surface area contributed by atoms with E-state index >= 15 is 0 Å². The minimum Gasteiger partial charge on any atom is -0.311 e. The second-order valence-electron chi connectivity index (χ2n) is 7.54. The number of amides is 3. The van der Waals surface area contributed by atoms with Crippen molar-refractivity contribution in [3.8, 4) is 0 Å². The Balaban J connectivity index is 1.68.